The Morgan fingerprint density at radius 3 is 2.87 bits per heavy atom. The van der Waals surface area contributed by atoms with Crippen LogP contribution in [0.15, 0.2) is 52.8 Å². The number of nitrogens with zero attached hydrogens (tertiary/aromatic N) is 4. The van der Waals surface area contributed by atoms with E-state index in [-0.39, 0.29) is 18.9 Å². The van der Waals surface area contributed by atoms with E-state index in [2.05, 4.69) is 27.2 Å². The van der Waals surface area contributed by atoms with E-state index >= 15 is 0 Å². The van der Waals surface area contributed by atoms with Gasteiger partial charge in [-0.15, -0.1) is 0 Å². The summed E-state index contributed by atoms with van der Waals surface area (Å²) in [6.07, 6.45) is 4.72. The number of fused-ring (bicyclic) bond motifs is 1. The van der Waals surface area contributed by atoms with Crippen molar-refractivity contribution in [2.24, 2.45) is 0 Å². The highest BCUT2D eigenvalue weighted by atomic mass is 32.2. The summed E-state index contributed by atoms with van der Waals surface area (Å²) in [5.74, 6) is 0. The van der Waals surface area contributed by atoms with Crippen molar-refractivity contribution < 1.29 is 9.84 Å². The Morgan fingerprint density at radius 2 is 2.09 bits per heavy atom. The molecule has 0 saturated carbocycles. The van der Waals surface area contributed by atoms with Crippen molar-refractivity contribution in [2.75, 3.05) is 6.61 Å². The summed E-state index contributed by atoms with van der Waals surface area (Å²) in [6, 6.07) is 10.1. The molecule has 4 rings (SSSR count). The van der Waals surface area contributed by atoms with Gasteiger partial charge in [0.2, 0.25) is 0 Å². The first-order chi connectivity index (χ1) is 11.3. The van der Waals surface area contributed by atoms with Crippen LogP contribution in [-0.2, 0) is 4.74 Å². The summed E-state index contributed by atoms with van der Waals surface area (Å²) < 4.78 is 7.60. The van der Waals surface area contributed by atoms with Gasteiger partial charge in [0.05, 0.1) is 24.3 Å². The van der Waals surface area contributed by atoms with Crippen LogP contribution in [0, 0.1) is 0 Å². The normalized spacial score (nSPS) is 21.1. The summed E-state index contributed by atoms with van der Waals surface area (Å²) in [7, 11) is 0. The minimum atomic E-state index is -0.172. The lowest BCUT2D eigenvalue weighted by Crippen LogP contribution is -2.15. The Labute approximate surface area is 137 Å². The second-order valence-electron chi connectivity index (χ2n) is 5.39. The van der Waals surface area contributed by atoms with Crippen molar-refractivity contribution in [3.05, 3.63) is 42.9 Å². The molecule has 23 heavy (non-hydrogen) atoms. The van der Waals surface area contributed by atoms with Gasteiger partial charge < -0.3 is 9.84 Å². The first kappa shape index (κ1) is 14.6. The van der Waals surface area contributed by atoms with E-state index < -0.39 is 0 Å². The molecule has 118 valence electrons. The van der Waals surface area contributed by atoms with E-state index in [1.807, 2.05) is 18.2 Å². The lowest BCUT2D eigenvalue weighted by atomic mass is 10.2. The highest BCUT2D eigenvalue weighted by Crippen LogP contribution is 2.34. The van der Waals surface area contributed by atoms with Crippen molar-refractivity contribution >= 4 is 22.8 Å². The number of hydrogen-bond donors (Lipinski definition) is 1. The maximum absolute atomic E-state index is 9.22. The first-order valence-electron chi connectivity index (χ1n) is 7.52. The van der Waals surface area contributed by atoms with Crippen molar-refractivity contribution in [1.82, 2.24) is 19.7 Å². The topological polar surface area (TPSA) is 73.1 Å². The molecule has 1 fully saturated rings. The molecule has 1 saturated heterocycles. The van der Waals surface area contributed by atoms with Crippen LogP contribution >= 0.6 is 11.8 Å². The van der Waals surface area contributed by atoms with Gasteiger partial charge in [-0.05, 0) is 25.0 Å². The summed E-state index contributed by atoms with van der Waals surface area (Å²) in [5.41, 5.74) is 0.766. The van der Waals surface area contributed by atoms with Crippen LogP contribution in [0.25, 0.3) is 11.0 Å². The molecule has 6 nitrogen and oxygen atoms in total. The molecule has 3 heterocycles. The molecule has 1 aliphatic heterocycles. The summed E-state index contributed by atoms with van der Waals surface area (Å²) in [5, 5.41) is 15.5. The molecule has 0 spiro atoms. The lowest BCUT2D eigenvalue weighted by molar-refractivity contribution is -0.0262. The highest BCUT2D eigenvalue weighted by molar-refractivity contribution is 7.99. The molecule has 2 atom stereocenters. The molecule has 0 radical (unpaired) electrons. The number of aromatic nitrogens is 4. The van der Waals surface area contributed by atoms with Gasteiger partial charge in [0.15, 0.2) is 11.9 Å². The van der Waals surface area contributed by atoms with Crippen LogP contribution in [0.3, 0.4) is 0 Å². The number of ether oxygens (including phenoxy) is 1. The SMILES string of the molecule is OCC1CCC(n2ncc3c(Sc4ccccc4)ncnc32)O1. The van der Waals surface area contributed by atoms with E-state index in [0.29, 0.717) is 0 Å². The van der Waals surface area contributed by atoms with E-state index in [9.17, 15) is 5.11 Å². The molecule has 0 aliphatic carbocycles. The third-order valence-corrected chi connectivity index (χ3v) is 4.90. The second kappa shape index (κ2) is 6.27. The summed E-state index contributed by atoms with van der Waals surface area (Å²) >= 11 is 1.59. The zero-order chi connectivity index (χ0) is 15.6. The third-order valence-electron chi connectivity index (χ3n) is 3.87. The molecule has 1 aromatic carbocycles. The maximum atomic E-state index is 9.22. The monoisotopic (exact) mass is 328 g/mol. The van der Waals surface area contributed by atoms with Gasteiger partial charge in [0.25, 0.3) is 0 Å². The van der Waals surface area contributed by atoms with Gasteiger partial charge in [-0.25, -0.2) is 14.6 Å². The van der Waals surface area contributed by atoms with Crippen molar-refractivity contribution in [3.63, 3.8) is 0 Å². The molecule has 2 unspecified atom stereocenters. The van der Waals surface area contributed by atoms with Gasteiger partial charge in [-0.3, -0.25) is 0 Å². The van der Waals surface area contributed by atoms with Crippen LogP contribution in [0.1, 0.15) is 19.1 Å². The Kier molecular flexibility index (Phi) is 3.99. The highest BCUT2D eigenvalue weighted by Gasteiger charge is 2.28. The Hall–Kier alpha value is -1.96. The van der Waals surface area contributed by atoms with E-state index in [0.717, 1.165) is 33.8 Å². The number of rotatable bonds is 4. The fourth-order valence-corrected chi connectivity index (χ4v) is 3.60. The van der Waals surface area contributed by atoms with Crippen LogP contribution in [0.4, 0.5) is 0 Å². The van der Waals surface area contributed by atoms with Crippen molar-refractivity contribution in [2.45, 2.75) is 35.1 Å². The number of aliphatic hydroxyl groups is 1. The molecule has 1 N–H and O–H groups in total. The molecule has 2 aromatic heterocycles. The smallest absolute Gasteiger partial charge is 0.164 e. The Balaban J connectivity index is 1.67. The number of hydrogen-bond acceptors (Lipinski definition) is 6. The predicted octanol–water partition coefficient (Wildman–Crippen LogP) is 2.65. The zero-order valence-electron chi connectivity index (χ0n) is 12.4. The fraction of sp³-hybridized carbons (Fsp3) is 0.312. The van der Waals surface area contributed by atoms with Crippen molar-refractivity contribution in [3.8, 4) is 0 Å². The standard InChI is InChI=1S/C16H16N4O2S/c21-9-11-6-7-14(22-11)20-15-13(8-19-20)16(18-10-17-15)23-12-4-2-1-3-5-12/h1-5,8,10-11,14,21H,6-7,9H2. The quantitative estimate of drug-likeness (QED) is 0.742. The van der Waals surface area contributed by atoms with E-state index in [1.54, 1.807) is 29.0 Å². The van der Waals surface area contributed by atoms with E-state index in [1.165, 1.54) is 0 Å². The summed E-state index contributed by atoms with van der Waals surface area (Å²) in [4.78, 5) is 9.89. The zero-order valence-corrected chi connectivity index (χ0v) is 13.2. The van der Waals surface area contributed by atoms with Gasteiger partial charge in [-0.1, -0.05) is 30.0 Å². The van der Waals surface area contributed by atoms with Crippen molar-refractivity contribution in [1.29, 1.82) is 0 Å². The number of benzene rings is 1. The Morgan fingerprint density at radius 1 is 1.22 bits per heavy atom. The predicted molar refractivity (Wildman–Crippen MR) is 86.1 cm³/mol. The van der Waals surface area contributed by atoms with Gasteiger partial charge in [0, 0.05) is 4.90 Å². The number of aliphatic hydroxyl groups excluding tert-OH is 1. The molecule has 3 aromatic rings. The van der Waals surface area contributed by atoms with Crippen LogP contribution in [-0.4, -0.2) is 37.6 Å². The largest absolute Gasteiger partial charge is 0.394 e. The second-order valence-corrected chi connectivity index (χ2v) is 6.46. The van der Waals surface area contributed by atoms with Crippen LogP contribution < -0.4 is 0 Å². The van der Waals surface area contributed by atoms with Crippen LogP contribution in [0.5, 0.6) is 0 Å². The van der Waals surface area contributed by atoms with Crippen LogP contribution in [0.2, 0.25) is 0 Å². The molecule has 0 bridgehead atoms. The Bertz CT molecular complexity index is 808. The molecule has 0 amide bonds. The maximum Gasteiger partial charge on any atom is 0.164 e. The first-order valence-corrected chi connectivity index (χ1v) is 8.34. The fourth-order valence-electron chi connectivity index (χ4n) is 2.73. The minimum absolute atomic E-state index is 0.0415. The lowest BCUT2D eigenvalue weighted by Gasteiger charge is -2.13. The average Bonchev–Trinajstić information content (AvgIpc) is 3.22. The molecular weight excluding hydrogens is 312 g/mol. The third kappa shape index (κ3) is 2.83. The summed E-state index contributed by atoms with van der Waals surface area (Å²) in [6.45, 7) is 0.0415. The molecular formula is C16H16N4O2S. The average molecular weight is 328 g/mol. The van der Waals surface area contributed by atoms with E-state index in [4.69, 9.17) is 4.74 Å². The molecule has 1 aliphatic rings. The van der Waals surface area contributed by atoms with Gasteiger partial charge >= 0.3 is 0 Å². The minimum Gasteiger partial charge on any atom is -0.394 e. The van der Waals surface area contributed by atoms with Gasteiger partial charge in [-0.2, -0.15) is 5.10 Å². The van der Waals surface area contributed by atoms with Gasteiger partial charge in [0.1, 0.15) is 11.4 Å². The molecule has 7 heteroatoms.